The monoisotopic (exact) mass is 368 g/mol. The average Bonchev–Trinajstić information content (AvgIpc) is 2.64. The molecule has 0 radical (unpaired) electrons. The minimum absolute atomic E-state index is 0.162. The number of aryl methyl sites for hydroxylation is 1. The van der Waals surface area contributed by atoms with Gasteiger partial charge in [-0.2, -0.15) is 0 Å². The molecule has 0 saturated carbocycles. The number of rotatable bonds is 6. The highest BCUT2D eigenvalue weighted by molar-refractivity contribution is 5.77. The Balaban J connectivity index is 1.60. The van der Waals surface area contributed by atoms with E-state index >= 15 is 0 Å². The normalized spacial score (nSPS) is 17.5. The molecule has 1 atom stereocenters. The van der Waals surface area contributed by atoms with Crippen LogP contribution < -0.4 is 5.32 Å². The number of carbonyl (C=O) groups is 1. The van der Waals surface area contributed by atoms with Gasteiger partial charge in [0.15, 0.2) is 0 Å². The third-order valence-corrected chi connectivity index (χ3v) is 4.94. The van der Waals surface area contributed by atoms with Gasteiger partial charge in [-0.3, -0.25) is 9.69 Å². The first-order chi connectivity index (χ1) is 13.0. The lowest BCUT2D eigenvalue weighted by Gasteiger charge is -2.32. The molecule has 3 rings (SSSR count). The largest absolute Gasteiger partial charge is 0.348 e. The molecule has 1 fully saturated rings. The zero-order valence-electron chi connectivity index (χ0n) is 16.4. The molecule has 144 valence electrons. The summed E-state index contributed by atoms with van der Waals surface area (Å²) in [6, 6.07) is 5.93. The minimum Gasteiger partial charge on any atom is -0.348 e. The fourth-order valence-electron chi connectivity index (χ4n) is 3.41. The lowest BCUT2D eigenvalue weighted by molar-refractivity contribution is -0.130. The number of likely N-dealkylation sites (tertiary alicyclic amines) is 1. The number of aromatic nitrogens is 3. The van der Waals surface area contributed by atoms with Crippen LogP contribution in [0, 0.1) is 12.8 Å². The lowest BCUT2D eigenvalue weighted by Crippen LogP contribution is -2.42. The molecular formula is C20H28N6O. The summed E-state index contributed by atoms with van der Waals surface area (Å²) in [5.74, 6) is 2.24. The third-order valence-electron chi connectivity index (χ3n) is 4.94. The maximum absolute atomic E-state index is 12.0. The van der Waals surface area contributed by atoms with Crippen LogP contribution >= 0.6 is 0 Å². The first-order valence-electron chi connectivity index (χ1n) is 9.43. The number of pyridine rings is 1. The van der Waals surface area contributed by atoms with Gasteiger partial charge in [0.1, 0.15) is 18.0 Å². The zero-order chi connectivity index (χ0) is 19.2. The van der Waals surface area contributed by atoms with Crippen molar-refractivity contribution < 1.29 is 4.79 Å². The van der Waals surface area contributed by atoms with E-state index in [1.54, 1.807) is 17.4 Å². The first kappa shape index (κ1) is 19.2. The van der Waals surface area contributed by atoms with Crippen LogP contribution in [0.25, 0.3) is 0 Å². The number of hydrogen-bond donors (Lipinski definition) is 1. The molecule has 0 aromatic carbocycles. The summed E-state index contributed by atoms with van der Waals surface area (Å²) < 4.78 is 0. The summed E-state index contributed by atoms with van der Waals surface area (Å²) in [7, 11) is 3.62. The van der Waals surface area contributed by atoms with Crippen molar-refractivity contribution in [2.45, 2.75) is 26.2 Å². The molecule has 1 aliphatic heterocycles. The topological polar surface area (TPSA) is 74.2 Å². The molecule has 0 bridgehead atoms. The van der Waals surface area contributed by atoms with Gasteiger partial charge in [0.25, 0.3) is 0 Å². The van der Waals surface area contributed by atoms with Gasteiger partial charge in [-0.25, -0.2) is 15.0 Å². The number of amides is 1. The van der Waals surface area contributed by atoms with Crippen molar-refractivity contribution in [1.82, 2.24) is 24.8 Å². The fourth-order valence-corrected chi connectivity index (χ4v) is 3.41. The molecule has 7 heteroatoms. The SMILES string of the molecule is Cc1cccnc1Nc1cc(CC2CCCN(CC(=O)N(C)C)C2)ncn1. The number of nitrogens with zero attached hydrogens (tertiary/aromatic N) is 5. The molecule has 1 aliphatic rings. The van der Waals surface area contributed by atoms with Crippen LogP contribution in [0.15, 0.2) is 30.7 Å². The van der Waals surface area contributed by atoms with Crippen molar-refractivity contribution in [3.63, 3.8) is 0 Å². The number of piperidine rings is 1. The molecule has 27 heavy (non-hydrogen) atoms. The highest BCUT2D eigenvalue weighted by atomic mass is 16.2. The van der Waals surface area contributed by atoms with Crippen LogP contribution in [0.5, 0.6) is 0 Å². The van der Waals surface area contributed by atoms with Gasteiger partial charge in [0.2, 0.25) is 5.91 Å². The Morgan fingerprint density at radius 1 is 1.33 bits per heavy atom. The van der Waals surface area contributed by atoms with Crippen LogP contribution in [0.1, 0.15) is 24.1 Å². The molecular weight excluding hydrogens is 340 g/mol. The number of nitrogens with one attached hydrogen (secondary N) is 1. The van der Waals surface area contributed by atoms with Gasteiger partial charge in [-0.1, -0.05) is 6.07 Å². The summed E-state index contributed by atoms with van der Waals surface area (Å²) in [6.07, 6.45) is 6.55. The second-order valence-corrected chi connectivity index (χ2v) is 7.42. The number of likely N-dealkylation sites (N-methyl/N-ethyl adjacent to an activating group) is 1. The Kier molecular flexibility index (Phi) is 6.34. The van der Waals surface area contributed by atoms with Gasteiger partial charge in [-0.05, 0) is 50.3 Å². The van der Waals surface area contributed by atoms with E-state index < -0.39 is 0 Å². The molecule has 0 aliphatic carbocycles. The van der Waals surface area contributed by atoms with E-state index in [9.17, 15) is 4.79 Å². The molecule has 1 unspecified atom stereocenters. The van der Waals surface area contributed by atoms with Gasteiger partial charge in [0.05, 0.1) is 6.54 Å². The van der Waals surface area contributed by atoms with Gasteiger partial charge < -0.3 is 10.2 Å². The molecule has 3 heterocycles. The second-order valence-electron chi connectivity index (χ2n) is 7.42. The molecule has 1 saturated heterocycles. The van der Waals surface area contributed by atoms with E-state index in [1.807, 2.05) is 39.2 Å². The molecule has 2 aromatic rings. The minimum atomic E-state index is 0.162. The van der Waals surface area contributed by atoms with Crippen molar-refractivity contribution in [3.05, 3.63) is 42.0 Å². The van der Waals surface area contributed by atoms with Crippen LogP contribution in [-0.4, -0.2) is 64.4 Å². The number of hydrogen-bond acceptors (Lipinski definition) is 6. The van der Waals surface area contributed by atoms with Gasteiger partial charge in [-0.15, -0.1) is 0 Å². The van der Waals surface area contributed by atoms with Gasteiger partial charge >= 0.3 is 0 Å². The smallest absolute Gasteiger partial charge is 0.236 e. The standard InChI is InChI=1S/C20H28N6O/c1-15-6-4-8-21-20(15)24-18-11-17(22-14-23-18)10-16-7-5-9-26(12-16)13-19(27)25(2)3/h4,6,8,11,14,16H,5,7,9-10,12-13H2,1-3H3,(H,21,22,23,24). The molecule has 1 amide bonds. The van der Waals surface area contributed by atoms with Crippen molar-refractivity contribution in [2.24, 2.45) is 5.92 Å². The Morgan fingerprint density at radius 3 is 2.96 bits per heavy atom. The summed E-state index contributed by atoms with van der Waals surface area (Å²) in [4.78, 5) is 29.0. The Bertz CT molecular complexity index is 779. The predicted octanol–water partition coefficient (Wildman–Crippen LogP) is 2.27. The van der Waals surface area contributed by atoms with Crippen LogP contribution in [0.4, 0.5) is 11.6 Å². The number of anilines is 2. The summed E-state index contributed by atoms with van der Waals surface area (Å²) in [6.45, 7) is 4.44. The lowest BCUT2D eigenvalue weighted by atomic mass is 9.93. The number of carbonyl (C=O) groups excluding carboxylic acids is 1. The maximum Gasteiger partial charge on any atom is 0.236 e. The average molecular weight is 368 g/mol. The Hall–Kier alpha value is -2.54. The molecule has 0 spiro atoms. The van der Waals surface area contributed by atoms with E-state index in [0.717, 1.165) is 48.8 Å². The summed E-state index contributed by atoms with van der Waals surface area (Å²) in [5.41, 5.74) is 2.10. The molecule has 7 nitrogen and oxygen atoms in total. The van der Waals surface area contributed by atoms with Crippen molar-refractivity contribution >= 4 is 17.5 Å². The zero-order valence-corrected chi connectivity index (χ0v) is 16.4. The van der Waals surface area contributed by atoms with E-state index in [0.29, 0.717) is 12.5 Å². The van der Waals surface area contributed by atoms with Gasteiger partial charge in [0, 0.05) is 38.6 Å². The third kappa shape index (κ3) is 5.47. The van der Waals surface area contributed by atoms with E-state index in [4.69, 9.17) is 0 Å². The highest BCUT2D eigenvalue weighted by Gasteiger charge is 2.22. The highest BCUT2D eigenvalue weighted by Crippen LogP contribution is 2.22. The first-order valence-corrected chi connectivity index (χ1v) is 9.43. The Labute approximate surface area is 160 Å². The van der Waals surface area contributed by atoms with E-state index in [2.05, 4.69) is 25.2 Å². The van der Waals surface area contributed by atoms with E-state index in [1.165, 1.54) is 6.42 Å². The quantitative estimate of drug-likeness (QED) is 0.843. The Morgan fingerprint density at radius 2 is 2.19 bits per heavy atom. The molecule has 1 N–H and O–H groups in total. The van der Waals surface area contributed by atoms with Crippen LogP contribution in [-0.2, 0) is 11.2 Å². The van der Waals surface area contributed by atoms with Crippen LogP contribution in [0.2, 0.25) is 0 Å². The fraction of sp³-hybridized carbons (Fsp3) is 0.500. The van der Waals surface area contributed by atoms with Crippen molar-refractivity contribution in [1.29, 1.82) is 0 Å². The summed E-state index contributed by atoms with van der Waals surface area (Å²) in [5, 5.41) is 3.27. The predicted molar refractivity (Wildman–Crippen MR) is 106 cm³/mol. The maximum atomic E-state index is 12.0. The van der Waals surface area contributed by atoms with Crippen LogP contribution in [0.3, 0.4) is 0 Å². The molecule has 2 aromatic heterocycles. The second kappa shape index (κ2) is 8.90. The van der Waals surface area contributed by atoms with Crippen molar-refractivity contribution in [2.75, 3.05) is 39.0 Å². The van der Waals surface area contributed by atoms with Crippen molar-refractivity contribution in [3.8, 4) is 0 Å². The van der Waals surface area contributed by atoms with E-state index in [-0.39, 0.29) is 5.91 Å². The summed E-state index contributed by atoms with van der Waals surface area (Å²) >= 11 is 0.